The normalized spacial score (nSPS) is 14.0. The number of nitrogens with zero attached hydrogens (tertiary/aromatic N) is 1. The molecule has 1 atom stereocenters. The summed E-state index contributed by atoms with van der Waals surface area (Å²) >= 11 is 1.76. The van der Waals surface area contributed by atoms with Crippen molar-refractivity contribution < 1.29 is 9.84 Å². The molecule has 0 saturated carbocycles. The van der Waals surface area contributed by atoms with Gasteiger partial charge in [0.05, 0.1) is 19.3 Å². The Morgan fingerprint density at radius 2 is 2.08 bits per heavy atom. The summed E-state index contributed by atoms with van der Waals surface area (Å²) in [6.45, 7) is 13.5. The highest BCUT2D eigenvalue weighted by atomic mass is 32.1. The molecule has 1 heterocycles. The topological polar surface area (TPSA) is 65.9 Å². The second-order valence-corrected chi connectivity index (χ2v) is 7.97. The number of hydrogen-bond donors (Lipinski definition) is 3. The van der Waals surface area contributed by atoms with Crippen LogP contribution >= 0.6 is 11.3 Å². The standard InChI is InChI=1S/C18H33N3O2S/c1-6-19-17(20-10-15(22)12-23-11-14(2)3)21-13-18(4,5)16-8-7-9-24-16/h7-9,14-15,22H,6,10-13H2,1-5H3,(H2,19,20,21). The van der Waals surface area contributed by atoms with Crippen molar-refractivity contribution >= 4 is 17.3 Å². The summed E-state index contributed by atoms with van der Waals surface area (Å²) in [7, 11) is 0. The first kappa shape index (κ1) is 20.9. The number of hydrogen-bond acceptors (Lipinski definition) is 4. The Kier molecular flexibility index (Phi) is 9.33. The van der Waals surface area contributed by atoms with Crippen molar-refractivity contribution in [1.82, 2.24) is 10.6 Å². The zero-order valence-electron chi connectivity index (χ0n) is 15.6. The Labute approximate surface area is 150 Å². The van der Waals surface area contributed by atoms with Crippen molar-refractivity contribution in [2.75, 3.05) is 32.8 Å². The monoisotopic (exact) mass is 355 g/mol. The molecule has 0 aliphatic carbocycles. The lowest BCUT2D eigenvalue weighted by Gasteiger charge is -2.22. The molecule has 1 unspecified atom stereocenters. The van der Waals surface area contributed by atoms with Gasteiger partial charge in [-0.15, -0.1) is 11.3 Å². The molecule has 0 spiro atoms. The largest absolute Gasteiger partial charge is 0.389 e. The van der Waals surface area contributed by atoms with Crippen molar-refractivity contribution in [2.45, 2.75) is 46.1 Å². The van der Waals surface area contributed by atoms with Crippen molar-refractivity contribution in [3.8, 4) is 0 Å². The van der Waals surface area contributed by atoms with Gasteiger partial charge in [0.1, 0.15) is 0 Å². The fourth-order valence-corrected chi connectivity index (χ4v) is 2.92. The van der Waals surface area contributed by atoms with E-state index >= 15 is 0 Å². The van der Waals surface area contributed by atoms with E-state index in [4.69, 9.17) is 4.74 Å². The highest BCUT2D eigenvalue weighted by Gasteiger charge is 2.21. The quantitative estimate of drug-likeness (QED) is 0.446. The molecule has 6 heteroatoms. The van der Waals surface area contributed by atoms with Gasteiger partial charge in [0.2, 0.25) is 0 Å². The Bertz CT molecular complexity index is 473. The molecule has 5 nitrogen and oxygen atoms in total. The maximum atomic E-state index is 9.99. The van der Waals surface area contributed by atoms with Crippen LogP contribution in [0.4, 0.5) is 0 Å². The minimum Gasteiger partial charge on any atom is -0.389 e. The number of aliphatic hydroxyl groups excluding tert-OH is 1. The molecule has 0 aliphatic heterocycles. The van der Waals surface area contributed by atoms with Crippen molar-refractivity contribution in [3.05, 3.63) is 22.4 Å². The van der Waals surface area contributed by atoms with E-state index in [1.807, 2.05) is 6.92 Å². The molecule has 3 N–H and O–H groups in total. The zero-order valence-corrected chi connectivity index (χ0v) is 16.4. The van der Waals surface area contributed by atoms with Crippen molar-refractivity contribution in [3.63, 3.8) is 0 Å². The van der Waals surface area contributed by atoms with Gasteiger partial charge in [-0.2, -0.15) is 0 Å². The van der Waals surface area contributed by atoms with Gasteiger partial charge in [0.15, 0.2) is 5.96 Å². The third-order valence-corrected chi connectivity index (χ3v) is 4.67. The van der Waals surface area contributed by atoms with Gasteiger partial charge < -0.3 is 20.5 Å². The second-order valence-electron chi connectivity index (χ2n) is 7.02. The predicted molar refractivity (Wildman–Crippen MR) is 103 cm³/mol. The molecule has 0 amide bonds. The Hall–Kier alpha value is -1.11. The molecular weight excluding hydrogens is 322 g/mol. The first-order chi connectivity index (χ1) is 11.3. The third-order valence-electron chi connectivity index (χ3n) is 3.43. The van der Waals surface area contributed by atoms with Crippen LogP contribution in [0.3, 0.4) is 0 Å². The SMILES string of the molecule is CCNC(=NCC(C)(C)c1cccs1)NCC(O)COCC(C)C. The highest BCUT2D eigenvalue weighted by Crippen LogP contribution is 2.27. The first-order valence-electron chi connectivity index (χ1n) is 8.67. The summed E-state index contributed by atoms with van der Waals surface area (Å²) in [5.41, 5.74) is -0.00445. The van der Waals surface area contributed by atoms with Crippen molar-refractivity contribution in [2.24, 2.45) is 10.9 Å². The fraction of sp³-hybridized carbons (Fsp3) is 0.722. The van der Waals surface area contributed by atoms with E-state index in [0.29, 0.717) is 32.2 Å². The second kappa shape index (κ2) is 10.7. The molecular formula is C18H33N3O2S. The Morgan fingerprint density at radius 3 is 2.67 bits per heavy atom. The number of aliphatic imine (C=N–C) groups is 1. The maximum Gasteiger partial charge on any atom is 0.191 e. The van der Waals surface area contributed by atoms with Crippen LogP contribution in [0.1, 0.15) is 39.5 Å². The minimum absolute atomic E-state index is 0.00445. The van der Waals surface area contributed by atoms with Gasteiger partial charge in [0.25, 0.3) is 0 Å². The fourth-order valence-electron chi connectivity index (χ4n) is 2.07. The zero-order chi connectivity index (χ0) is 18.0. The van der Waals surface area contributed by atoms with Crippen molar-refractivity contribution in [1.29, 1.82) is 0 Å². The van der Waals surface area contributed by atoms with E-state index in [1.54, 1.807) is 11.3 Å². The smallest absolute Gasteiger partial charge is 0.191 e. The molecule has 1 aromatic rings. The summed E-state index contributed by atoms with van der Waals surface area (Å²) in [5.74, 6) is 1.20. The van der Waals surface area contributed by atoms with E-state index in [0.717, 1.165) is 12.5 Å². The number of guanidine groups is 1. The molecule has 0 fully saturated rings. The number of aliphatic hydroxyl groups is 1. The molecule has 1 aromatic heterocycles. The molecule has 24 heavy (non-hydrogen) atoms. The summed E-state index contributed by atoms with van der Waals surface area (Å²) in [4.78, 5) is 5.99. The molecule has 0 aromatic carbocycles. The summed E-state index contributed by atoms with van der Waals surface area (Å²) in [6.07, 6.45) is -0.544. The van der Waals surface area contributed by atoms with Crippen LogP contribution in [0.25, 0.3) is 0 Å². The van der Waals surface area contributed by atoms with Crippen LogP contribution in [-0.4, -0.2) is 50.0 Å². The van der Waals surface area contributed by atoms with Crippen LogP contribution in [-0.2, 0) is 10.2 Å². The lowest BCUT2D eigenvalue weighted by molar-refractivity contribution is 0.0280. The van der Waals surface area contributed by atoms with Gasteiger partial charge in [-0.25, -0.2) is 0 Å². The van der Waals surface area contributed by atoms with E-state index in [2.05, 4.69) is 60.8 Å². The number of thiophene rings is 1. The van der Waals surface area contributed by atoms with E-state index < -0.39 is 6.10 Å². The van der Waals surface area contributed by atoms with Gasteiger partial charge >= 0.3 is 0 Å². The van der Waals surface area contributed by atoms with Crippen LogP contribution in [0.2, 0.25) is 0 Å². The summed E-state index contributed by atoms with van der Waals surface area (Å²) < 4.78 is 5.46. The third kappa shape index (κ3) is 8.13. The van der Waals surface area contributed by atoms with E-state index in [1.165, 1.54) is 4.88 Å². The van der Waals surface area contributed by atoms with Crippen LogP contribution in [0, 0.1) is 5.92 Å². The number of rotatable bonds is 10. The number of nitrogens with one attached hydrogen (secondary N) is 2. The minimum atomic E-state index is -0.544. The van der Waals surface area contributed by atoms with Gasteiger partial charge in [0, 0.05) is 30.0 Å². The Morgan fingerprint density at radius 1 is 1.33 bits per heavy atom. The van der Waals surface area contributed by atoms with Gasteiger partial charge in [-0.3, -0.25) is 4.99 Å². The molecule has 138 valence electrons. The lowest BCUT2D eigenvalue weighted by Crippen LogP contribution is -2.43. The summed E-state index contributed by atoms with van der Waals surface area (Å²) in [6, 6.07) is 4.22. The molecule has 0 saturated heterocycles. The van der Waals surface area contributed by atoms with E-state index in [9.17, 15) is 5.11 Å². The molecule has 0 radical (unpaired) electrons. The van der Waals surface area contributed by atoms with Crippen LogP contribution in [0.5, 0.6) is 0 Å². The average molecular weight is 356 g/mol. The van der Waals surface area contributed by atoms with Crippen LogP contribution < -0.4 is 10.6 Å². The lowest BCUT2D eigenvalue weighted by atomic mass is 9.92. The molecule has 1 rings (SSSR count). The van der Waals surface area contributed by atoms with E-state index in [-0.39, 0.29) is 5.41 Å². The van der Waals surface area contributed by atoms with Crippen LogP contribution in [0.15, 0.2) is 22.5 Å². The van der Waals surface area contributed by atoms with Gasteiger partial charge in [-0.05, 0) is 24.3 Å². The summed E-state index contributed by atoms with van der Waals surface area (Å²) in [5, 5.41) is 18.5. The first-order valence-corrected chi connectivity index (χ1v) is 9.55. The maximum absolute atomic E-state index is 9.99. The predicted octanol–water partition coefficient (Wildman–Crippen LogP) is 2.61. The van der Waals surface area contributed by atoms with Gasteiger partial charge in [-0.1, -0.05) is 33.8 Å². The molecule has 0 aliphatic rings. The molecule has 0 bridgehead atoms. The average Bonchev–Trinajstić information content (AvgIpc) is 3.05. The Balaban J connectivity index is 2.47. The highest BCUT2D eigenvalue weighted by molar-refractivity contribution is 7.10. The number of ether oxygens (including phenoxy) is 1.